The Hall–Kier alpha value is -4.34. The van der Waals surface area contributed by atoms with Gasteiger partial charge in [-0.25, -0.2) is 4.79 Å². The second kappa shape index (κ2) is 10.7. The molecule has 1 aliphatic heterocycles. The van der Waals surface area contributed by atoms with Crippen LogP contribution >= 0.6 is 0 Å². The molecule has 0 radical (unpaired) electrons. The molecular formula is C25H24N2O8. The quantitative estimate of drug-likeness (QED) is 0.406. The maximum atomic E-state index is 12.5. The Kier molecular flexibility index (Phi) is 7.30. The van der Waals surface area contributed by atoms with Crippen LogP contribution in [0.25, 0.3) is 0 Å². The molecule has 2 amide bonds. The van der Waals surface area contributed by atoms with E-state index in [1.54, 1.807) is 30.4 Å². The Morgan fingerprint density at radius 2 is 1.51 bits per heavy atom. The van der Waals surface area contributed by atoms with E-state index < -0.39 is 42.2 Å². The van der Waals surface area contributed by atoms with Crippen molar-refractivity contribution in [3.8, 4) is 11.5 Å². The molecule has 2 aromatic carbocycles. The number of fused-ring (bicyclic) bond motifs is 1. The van der Waals surface area contributed by atoms with Crippen LogP contribution in [0.5, 0.6) is 11.5 Å². The molecular weight excluding hydrogens is 456 g/mol. The first-order chi connectivity index (χ1) is 16.9. The summed E-state index contributed by atoms with van der Waals surface area (Å²) in [5, 5.41) is 14.7. The predicted molar refractivity (Wildman–Crippen MR) is 124 cm³/mol. The minimum atomic E-state index is -1.01. The van der Waals surface area contributed by atoms with Crippen molar-refractivity contribution in [2.24, 2.45) is 11.8 Å². The van der Waals surface area contributed by atoms with E-state index in [-0.39, 0.29) is 5.56 Å². The number of allylic oxidation sites excluding steroid dienone is 2. The molecule has 10 heteroatoms. The molecule has 0 saturated carbocycles. The van der Waals surface area contributed by atoms with Gasteiger partial charge in [0.2, 0.25) is 5.91 Å². The fourth-order valence-corrected chi connectivity index (χ4v) is 3.83. The summed E-state index contributed by atoms with van der Waals surface area (Å²) in [4.78, 5) is 48.4. The number of nitrogens with one attached hydrogen (secondary N) is 2. The zero-order valence-corrected chi connectivity index (χ0v) is 18.7. The molecule has 2 aliphatic rings. The summed E-state index contributed by atoms with van der Waals surface area (Å²) in [6.45, 7) is 0.397. The van der Waals surface area contributed by atoms with Gasteiger partial charge in [0, 0.05) is 17.4 Å². The Morgan fingerprint density at radius 3 is 2.23 bits per heavy atom. The summed E-state index contributed by atoms with van der Waals surface area (Å²) < 4.78 is 16.0. The van der Waals surface area contributed by atoms with Gasteiger partial charge in [-0.05, 0) is 49.2 Å². The molecule has 0 bridgehead atoms. The average molecular weight is 480 g/mol. The van der Waals surface area contributed by atoms with Gasteiger partial charge in [-0.1, -0.05) is 12.2 Å². The van der Waals surface area contributed by atoms with E-state index in [0.29, 0.717) is 48.9 Å². The maximum Gasteiger partial charge on any atom is 0.338 e. The van der Waals surface area contributed by atoms with Crippen LogP contribution in [0.1, 0.15) is 23.2 Å². The van der Waals surface area contributed by atoms with Crippen molar-refractivity contribution in [2.45, 2.75) is 12.8 Å². The van der Waals surface area contributed by atoms with Gasteiger partial charge in [0.1, 0.15) is 13.2 Å². The van der Waals surface area contributed by atoms with E-state index in [2.05, 4.69) is 10.6 Å². The van der Waals surface area contributed by atoms with Crippen molar-refractivity contribution in [1.82, 2.24) is 0 Å². The minimum absolute atomic E-state index is 0.194. The van der Waals surface area contributed by atoms with Crippen LogP contribution < -0.4 is 20.1 Å². The van der Waals surface area contributed by atoms with E-state index in [9.17, 15) is 24.3 Å². The zero-order valence-electron chi connectivity index (χ0n) is 18.7. The van der Waals surface area contributed by atoms with E-state index >= 15 is 0 Å². The van der Waals surface area contributed by atoms with Gasteiger partial charge < -0.3 is 30.0 Å². The van der Waals surface area contributed by atoms with E-state index in [4.69, 9.17) is 14.2 Å². The lowest BCUT2D eigenvalue weighted by Gasteiger charge is -2.24. The van der Waals surface area contributed by atoms with Crippen LogP contribution in [0.4, 0.5) is 11.4 Å². The predicted octanol–water partition coefficient (Wildman–Crippen LogP) is 2.86. The number of carbonyl (C=O) groups is 4. The standard InChI is InChI=1S/C25H24N2O8/c28-22(26-17-9-10-20-21(13-17)34-12-11-33-20)14-35-25(32)15-5-7-16(8-6-15)27-23(29)18-3-1-2-4-19(18)24(30)31/h1-2,5-10,13,18-19H,3-4,11-12,14H2,(H,26,28)(H,27,29)(H,30,31)/t18-,19-/m0/s1. The summed E-state index contributed by atoms with van der Waals surface area (Å²) in [6.07, 6.45) is 4.22. The highest BCUT2D eigenvalue weighted by atomic mass is 16.6. The van der Waals surface area contributed by atoms with Gasteiger partial charge in [0.05, 0.1) is 17.4 Å². The monoisotopic (exact) mass is 480 g/mol. The van der Waals surface area contributed by atoms with Crippen LogP contribution in [0.3, 0.4) is 0 Å². The van der Waals surface area contributed by atoms with Crippen molar-refractivity contribution in [3.05, 3.63) is 60.2 Å². The molecule has 1 aliphatic carbocycles. The number of hydrogen-bond donors (Lipinski definition) is 3. The number of amides is 2. The maximum absolute atomic E-state index is 12.5. The molecule has 0 unspecified atom stereocenters. The highest BCUT2D eigenvalue weighted by Crippen LogP contribution is 2.32. The van der Waals surface area contributed by atoms with Gasteiger partial charge >= 0.3 is 11.9 Å². The average Bonchev–Trinajstić information content (AvgIpc) is 2.87. The zero-order chi connectivity index (χ0) is 24.8. The van der Waals surface area contributed by atoms with Crippen molar-refractivity contribution in [2.75, 3.05) is 30.5 Å². The lowest BCUT2D eigenvalue weighted by atomic mass is 9.82. The molecule has 0 fully saturated rings. The molecule has 35 heavy (non-hydrogen) atoms. The summed E-state index contributed by atoms with van der Waals surface area (Å²) in [7, 11) is 0. The van der Waals surface area contributed by atoms with Gasteiger partial charge in [-0.2, -0.15) is 0 Å². The number of carboxylic acid groups (broad SMARTS) is 1. The molecule has 0 saturated heterocycles. The van der Waals surface area contributed by atoms with Crippen molar-refractivity contribution in [3.63, 3.8) is 0 Å². The number of aliphatic carboxylic acids is 1. The molecule has 0 spiro atoms. The van der Waals surface area contributed by atoms with Crippen LogP contribution in [-0.2, 0) is 19.1 Å². The third-order valence-electron chi connectivity index (χ3n) is 5.63. The number of carboxylic acids is 1. The highest BCUT2D eigenvalue weighted by molar-refractivity contribution is 5.97. The van der Waals surface area contributed by atoms with Crippen LogP contribution in [0, 0.1) is 11.8 Å². The summed E-state index contributed by atoms with van der Waals surface area (Å²) in [6, 6.07) is 10.9. The van der Waals surface area contributed by atoms with E-state index in [1.807, 2.05) is 0 Å². The van der Waals surface area contributed by atoms with Crippen molar-refractivity contribution >= 4 is 35.1 Å². The molecule has 2 atom stereocenters. The molecule has 2 aromatic rings. The highest BCUT2D eigenvalue weighted by Gasteiger charge is 2.34. The second-order valence-electron chi connectivity index (χ2n) is 8.04. The Morgan fingerprint density at radius 1 is 0.857 bits per heavy atom. The normalized spacial score (nSPS) is 18.3. The number of carbonyl (C=O) groups excluding carboxylic acids is 3. The van der Waals surface area contributed by atoms with Gasteiger partial charge in [-0.3, -0.25) is 14.4 Å². The topological polar surface area (TPSA) is 140 Å². The lowest BCUT2D eigenvalue weighted by molar-refractivity contribution is -0.146. The van der Waals surface area contributed by atoms with Crippen LogP contribution in [0.2, 0.25) is 0 Å². The Bertz CT molecular complexity index is 1160. The number of anilines is 2. The first kappa shape index (κ1) is 23.8. The molecule has 4 rings (SSSR count). The number of benzene rings is 2. The van der Waals surface area contributed by atoms with Crippen LogP contribution in [0.15, 0.2) is 54.6 Å². The first-order valence-electron chi connectivity index (χ1n) is 11.1. The van der Waals surface area contributed by atoms with Gasteiger partial charge in [0.15, 0.2) is 18.1 Å². The summed E-state index contributed by atoms with van der Waals surface area (Å²) >= 11 is 0. The minimum Gasteiger partial charge on any atom is -0.486 e. The Balaban J connectivity index is 1.27. The Labute approximate surface area is 200 Å². The fraction of sp³-hybridized carbons (Fsp3) is 0.280. The number of ether oxygens (including phenoxy) is 3. The first-order valence-corrected chi connectivity index (χ1v) is 11.1. The third-order valence-corrected chi connectivity index (χ3v) is 5.63. The van der Waals surface area contributed by atoms with Crippen LogP contribution in [-0.4, -0.2) is 48.7 Å². The SMILES string of the molecule is O=C(COC(=O)c1ccc(NC(=O)[C@H]2CC=CC[C@@H]2C(=O)O)cc1)Nc1ccc2c(c1)OCCO2. The largest absolute Gasteiger partial charge is 0.486 e. The summed E-state index contributed by atoms with van der Waals surface area (Å²) in [5.74, 6) is -2.96. The van der Waals surface area contributed by atoms with Gasteiger partial charge in [0.25, 0.3) is 5.91 Å². The third kappa shape index (κ3) is 5.97. The van der Waals surface area contributed by atoms with Gasteiger partial charge in [-0.15, -0.1) is 0 Å². The summed E-state index contributed by atoms with van der Waals surface area (Å²) in [5.41, 5.74) is 1.09. The molecule has 1 heterocycles. The van der Waals surface area contributed by atoms with Crippen molar-refractivity contribution < 1.29 is 38.5 Å². The lowest BCUT2D eigenvalue weighted by Crippen LogP contribution is -2.34. The number of hydrogen-bond acceptors (Lipinski definition) is 7. The molecule has 3 N–H and O–H groups in total. The number of rotatable bonds is 7. The van der Waals surface area contributed by atoms with E-state index in [1.165, 1.54) is 24.3 Å². The molecule has 10 nitrogen and oxygen atoms in total. The fourth-order valence-electron chi connectivity index (χ4n) is 3.83. The molecule has 0 aromatic heterocycles. The molecule has 182 valence electrons. The number of esters is 1. The second-order valence-corrected chi connectivity index (χ2v) is 8.04. The smallest absolute Gasteiger partial charge is 0.338 e. The van der Waals surface area contributed by atoms with Crippen molar-refractivity contribution in [1.29, 1.82) is 0 Å². The van der Waals surface area contributed by atoms with E-state index in [0.717, 1.165) is 0 Å².